The molecule has 0 aromatic carbocycles. The van der Waals surface area contributed by atoms with Gasteiger partial charge in [-0.3, -0.25) is 9.59 Å². The highest BCUT2D eigenvalue weighted by Crippen LogP contribution is 2.09. The number of aliphatic hydroxyl groups excluding tert-OH is 4. The zero-order valence-electron chi connectivity index (χ0n) is 15.8. The van der Waals surface area contributed by atoms with Crippen LogP contribution in [0.3, 0.4) is 0 Å². The Labute approximate surface area is 149 Å². The second kappa shape index (κ2) is 10.8. The summed E-state index contributed by atoms with van der Waals surface area (Å²) in [6.07, 6.45) is -5.00. The third kappa shape index (κ3) is 9.86. The fourth-order valence-corrected chi connectivity index (χ4v) is 2.30. The lowest BCUT2D eigenvalue weighted by Crippen LogP contribution is -2.49. The van der Waals surface area contributed by atoms with E-state index in [4.69, 9.17) is 0 Å². The summed E-state index contributed by atoms with van der Waals surface area (Å²) in [4.78, 5) is 23.5. The summed E-state index contributed by atoms with van der Waals surface area (Å²) in [5, 5.41) is 44.3. The molecule has 0 aliphatic rings. The van der Waals surface area contributed by atoms with E-state index in [0.717, 1.165) is 0 Å². The fraction of sp³-hybridized carbons (Fsp3) is 0.882. The first-order valence-corrected chi connectivity index (χ1v) is 8.66. The predicted molar refractivity (Wildman–Crippen MR) is 93.9 cm³/mol. The highest BCUT2D eigenvalue weighted by Gasteiger charge is 2.29. The largest absolute Gasteiger partial charge is 0.390 e. The van der Waals surface area contributed by atoms with Crippen molar-refractivity contribution in [1.82, 2.24) is 10.6 Å². The number of rotatable bonds is 11. The van der Waals surface area contributed by atoms with Crippen LogP contribution in [0.5, 0.6) is 0 Å². The number of carbonyl (C=O) groups is 2. The Morgan fingerprint density at radius 3 is 1.96 bits per heavy atom. The molecule has 0 aliphatic heterocycles. The molecule has 0 aromatic rings. The molecular formula is C17H34N2O6. The number of aliphatic hydroxyl groups is 4. The molecule has 0 aliphatic carbocycles. The van der Waals surface area contributed by atoms with Crippen LogP contribution >= 0.6 is 0 Å². The van der Waals surface area contributed by atoms with Gasteiger partial charge in [-0.2, -0.15) is 0 Å². The lowest BCUT2D eigenvalue weighted by atomic mass is 10.0. The summed E-state index contributed by atoms with van der Waals surface area (Å²) in [6.45, 7) is 8.61. The van der Waals surface area contributed by atoms with Crippen molar-refractivity contribution in [2.24, 2.45) is 0 Å². The second-order valence-corrected chi connectivity index (χ2v) is 7.42. The molecule has 5 atom stereocenters. The van der Waals surface area contributed by atoms with Gasteiger partial charge in [-0.1, -0.05) is 6.92 Å². The van der Waals surface area contributed by atoms with Gasteiger partial charge < -0.3 is 31.1 Å². The van der Waals surface area contributed by atoms with E-state index in [1.54, 1.807) is 6.92 Å². The zero-order valence-corrected chi connectivity index (χ0v) is 15.8. The molecule has 8 nitrogen and oxygen atoms in total. The Kier molecular flexibility index (Phi) is 10.4. The van der Waals surface area contributed by atoms with Crippen molar-refractivity contribution in [3.05, 3.63) is 0 Å². The van der Waals surface area contributed by atoms with E-state index >= 15 is 0 Å². The number of Topliss-reactive ketones (excluding diaryl/α,β-unsaturated/α-hetero) is 1. The van der Waals surface area contributed by atoms with Gasteiger partial charge >= 0.3 is 0 Å². The molecule has 0 rings (SSSR count). The van der Waals surface area contributed by atoms with Crippen molar-refractivity contribution in [2.45, 2.75) is 89.9 Å². The minimum absolute atomic E-state index is 0.0603. The van der Waals surface area contributed by atoms with Gasteiger partial charge in [0.1, 0.15) is 18.0 Å². The number of nitrogens with one attached hydrogen (secondary N) is 2. The predicted octanol–water partition coefficient (Wildman–Crippen LogP) is -0.918. The van der Waals surface area contributed by atoms with Gasteiger partial charge in [-0.15, -0.1) is 0 Å². The summed E-state index contributed by atoms with van der Waals surface area (Å²) in [7, 11) is 0. The molecule has 0 heterocycles. The van der Waals surface area contributed by atoms with Crippen LogP contribution in [-0.4, -0.2) is 74.7 Å². The van der Waals surface area contributed by atoms with Crippen molar-refractivity contribution in [3.63, 3.8) is 0 Å². The van der Waals surface area contributed by atoms with Crippen LogP contribution < -0.4 is 10.6 Å². The van der Waals surface area contributed by atoms with E-state index in [-0.39, 0.29) is 36.6 Å². The number of hydrogen-bond acceptors (Lipinski definition) is 7. The minimum Gasteiger partial charge on any atom is -0.390 e. The van der Waals surface area contributed by atoms with E-state index in [2.05, 4.69) is 10.6 Å². The maximum absolute atomic E-state index is 11.9. The first-order valence-electron chi connectivity index (χ1n) is 8.66. The van der Waals surface area contributed by atoms with Gasteiger partial charge in [-0.05, 0) is 40.5 Å². The van der Waals surface area contributed by atoms with E-state index in [9.17, 15) is 30.0 Å². The summed E-state index contributed by atoms with van der Waals surface area (Å²) >= 11 is 0. The van der Waals surface area contributed by atoms with Crippen LogP contribution in [-0.2, 0) is 9.59 Å². The summed E-state index contributed by atoms with van der Waals surface area (Å²) in [6, 6.07) is -0.442. The first-order chi connectivity index (χ1) is 11.4. The fourth-order valence-electron chi connectivity index (χ4n) is 2.30. The smallest absolute Gasteiger partial charge is 0.220 e. The SMILES string of the molecule is CCC(O)C(O)C(O)C(O)CNC(=O)CCC(NC(C)(C)C)C(C)=O. The van der Waals surface area contributed by atoms with Crippen LogP contribution in [0.15, 0.2) is 0 Å². The van der Waals surface area contributed by atoms with Crippen LogP contribution in [0, 0.1) is 0 Å². The Morgan fingerprint density at radius 1 is 1.00 bits per heavy atom. The van der Waals surface area contributed by atoms with Crippen LogP contribution in [0.25, 0.3) is 0 Å². The van der Waals surface area contributed by atoms with Gasteiger partial charge in [0.25, 0.3) is 0 Å². The van der Waals surface area contributed by atoms with Crippen LogP contribution in [0.4, 0.5) is 0 Å². The number of amides is 1. The van der Waals surface area contributed by atoms with Gasteiger partial charge in [0, 0.05) is 18.5 Å². The van der Waals surface area contributed by atoms with Gasteiger partial charge in [0.15, 0.2) is 0 Å². The highest BCUT2D eigenvalue weighted by atomic mass is 16.4. The average molecular weight is 362 g/mol. The summed E-state index contributed by atoms with van der Waals surface area (Å²) in [5.41, 5.74) is -0.261. The molecule has 5 unspecified atom stereocenters. The molecule has 0 aromatic heterocycles. The second-order valence-electron chi connectivity index (χ2n) is 7.42. The Bertz CT molecular complexity index is 424. The molecule has 0 spiro atoms. The van der Waals surface area contributed by atoms with Crippen molar-refractivity contribution in [3.8, 4) is 0 Å². The molecule has 148 valence electrons. The Morgan fingerprint density at radius 2 is 1.52 bits per heavy atom. The van der Waals surface area contributed by atoms with E-state index in [1.165, 1.54) is 6.92 Å². The van der Waals surface area contributed by atoms with Crippen molar-refractivity contribution in [2.75, 3.05) is 6.54 Å². The van der Waals surface area contributed by atoms with E-state index < -0.39 is 30.5 Å². The Balaban J connectivity index is 4.35. The standard InChI is InChI=1S/C17H34N2O6/c1-6-12(21)15(24)16(25)13(22)9-18-14(23)8-7-11(10(2)20)19-17(3,4)5/h11-13,15-16,19,21-22,24-25H,6-9H2,1-5H3,(H,18,23). The lowest BCUT2D eigenvalue weighted by molar-refractivity contribution is -0.125. The molecule has 6 N–H and O–H groups in total. The number of carbonyl (C=O) groups excluding carboxylic acids is 2. The van der Waals surface area contributed by atoms with Gasteiger partial charge in [0.2, 0.25) is 5.91 Å². The third-order valence-corrected chi connectivity index (χ3v) is 3.82. The Hall–Kier alpha value is -1.06. The zero-order chi connectivity index (χ0) is 19.8. The van der Waals surface area contributed by atoms with Crippen molar-refractivity contribution in [1.29, 1.82) is 0 Å². The van der Waals surface area contributed by atoms with E-state index in [0.29, 0.717) is 6.42 Å². The topological polar surface area (TPSA) is 139 Å². The molecule has 0 saturated carbocycles. The number of hydrogen-bond donors (Lipinski definition) is 6. The molecule has 0 fully saturated rings. The highest BCUT2D eigenvalue weighted by molar-refractivity contribution is 5.83. The first kappa shape index (κ1) is 23.9. The molecule has 8 heteroatoms. The monoisotopic (exact) mass is 362 g/mol. The van der Waals surface area contributed by atoms with E-state index in [1.807, 2.05) is 20.8 Å². The number of ketones is 1. The van der Waals surface area contributed by atoms with Crippen molar-refractivity contribution >= 4 is 11.7 Å². The molecule has 25 heavy (non-hydrogen) atoms. The lowest BCUT2D eigenvalue weighted by Gasteiger charge is -2.27. The summed E-state index contributed by atoms with van der Waals surface area (Å²) < 4.78 is 0. The third-order valence-electron chi connectivity index (χ3n) is 3.82. The van der Waals surface area contributed by atoms with Crippen molar-refractivity contribution < 1.29 is 30.0 Å². The molecule has 0 radical (unpaired) electrons. The summed E-state index contributed by atoms with van der Waals surface area (Å²) in [5.74, 6) is -0.436. The maximum Gasteiger partial charge on any atom is 0.220 e. The quantitative estimate of drug-likeness (QED) is 0.279. The molecular weight excluding hydrogens is 328 g/mol. The van der Waals surface area contributed by atoms with Crippen LogP contribution in [0.1, 0.15) is 53.9 Å². The maximum atomic E-state index is 11.9. The average Bonchev–Trinajstić information content (AvgIpc) is 2.52. The molecule has 1 amide bonds. The molecule has 0 bridgehead atoms. The normalized spacial score (nSPS) is 18.1. The molecule has 0 saturated heterocycles. The van der Waals surface area contributed by atoms with Gasteiger partial charge in [-0.25, -0.2) is 0 Å². The van der Waals surface area contributed by atoms with Gasteiger partial charge in [0.05, 0.1) is 18.2 Å². The minimum atomic E-state index is -1.57. The van der Waals surface area contributed by atoms with Crippen LogP contribution in [0.2, 0.25) is 0 Å².